The van der Waals surface area contributed by atoms with Gasteiger partial charge in [0.05, 0.1) is 4.99 Å². The summed E-state index contributed by atoms with van der Waals surface area (Å²) in [6.07, 6.45) is 0. The van der Waals surface area contributed by atoms with Gasteiger partial charge in [0.1, 0.15) is 0 Å². The maximum absolute atomic E-state index is 5.41. The molecule has 0 spiro atoms. The molecule has 0 aliphatic carbocycles. The standard InChI is InChI=1S/C8H12N2S2/c1-10(5-8(9)11)4-7-2-3-12-6-7/h2-3,6H,4-5H2,1H3,(H2,9,11). The van der Waals surface area contributed by atoms with Crippen LogP contribution in [0.4, 0.5) is 0 Å². The fourth-order valence-electron chi connectivity index (χ4n) is 1.02. The Morgan fingerprint density at radius 1 is 1.75 bits per heavy atom. The van der Waals surface area contributed by atoms with Gasteiger partial charge in [0.15, 0.2) is 0 Å². The number of nitrogens with zero attached hydrogens (tertiary/aromatic N) is 1. The van der Waals surface area contributed by atoms with E-state index in [9.17, 15) is 0 Å². The second-order valence-corrected chi connectivity index (χ2v) is 4.07. The van der Waals surface area contributed by atoms with E-state index in [1.807, 2.05) is 7.05 Å². The summed E-state index contributed by atoms with van der Waals surface area (Å²) in [5.41, 5.74) is 6.73. The molecule has 1 aromatic heterocycles. The number of thiophene rings is 1. The van der Waals surface area contributed by atoms with Gasteiger partial charge in [-0.1, -0.05) is 12.2 Å². The van der Waals surface area contributed by atoms with Crippen molar-refractivity contribution in [3.63, 3.8) is 0 Å². The number of thiocarbonyl (C=S) groups is 1. The largest absolute Gasteiger partial charge is 0.392 e. The second kappa shape index (κ2) is 4.54. The Hall–Kier alpha value is -0.450. The quantitative estimate of drug-likeness (QED) is 0.746. The Morgan fingerprint density at radius 2 is 2.50 bits per heavy atom. The molecular weight excluding hydrogens is 188 g/mol. The highest BCUT2D eigenvalue weighted by Gasteiger charge is 2.00. The van der Waals surface area contributed by atoms with Crippen molar-refractivity contribution in [3.05, 3.63) is 22.4 Å². The van der Waals surface area contributed by atoms with E-state index in [0.717, 1.165) is 6.54 Å². The average Bonchev–Trinajstić information content (AvgIpc) is 2.37. The van der Waals surface area contributed by atoms with Crippen molar-refractivity contribution in [2.75, 3.05) is 13.6 Å². The Bertz CT molecular complexity index is 244. The van der Waals surface area contributed by atoms with Crippen molar-refractivity contribution in [2.45, 2.75) is 6.54 Å². The molecule has 2 nitrogen and oxygen atoms in total. The maximum Gasteiger partial charge on any atom is 0.0870 e. The van der Waals surface area contributed by atoms with E-state index in [1.54, 1.807) is 11.3 Å². The van der Waals surface area contributed by atoms with Crippen LogP contribution in [0, 0.1) is 0 Å². The van der Waals surface area contributed by atoms with Gasteiger partial charge in [-0.05, 0) is 29.4 Å². The first-order valence-corrected chi connectivity index (χ1v) is 5.01. The third-order valence-corrected chi connectivity index (χ3v) is 2.32. The van der Waals surface area contributed by atoms with Gasteiger partial charge in [-0.25, -0.2) is 0 Å². The molecule has 0 bridgehead atoms. The van der Waals surface area contributed by atoms with Crippen LogP contribution in [0.25, 0.3) is 0 Å². The molecule has 4 heteroatoms. The lowest BCUT2D eigenvalue weighted by Crippen LogP contribution is -2.28. The van der Waals surface area contributed by atoms with Crippen LogP contribution in [0.1, 0.15) is 5.56 Å². The van der Waals surface area contributed by atoms with Crippen LogP contribution in [0.15, 0.2) is 16.8 Å². The number of hydrogen-bond acceptors (Lipinski definition) is 3. The van der Waals surface area contributed by atoms with Crippen LogP contribution < -0.4 is 5.73 Å². The summed E-state index contributed by atoms with van der Waals surface area (Å²) in [4.78, 5) is 2.65. The monoisotopic (exact) mass is 200 g/mol. The van der Waals surface area contributed by atoms with Gasteiger partial charge in [0.25, 0.3) is 0 Å². The third-order valence-electron chi connectivity index (χ3n) is 1.46. The molecule has 0 radical (unpaired) electrons. The molecule has 0 amide bonds. The van der Waals surface area contributed by atoms with E-state index >= 15 is 0 Å². The number of hydrogen-bond donors (Lipinski definition) is 1. The van der Waals surface area contributed by atoms with Crippen molar-refractivity contribution >= 4 is 28.5 Å². The van der Waals surface area contributed by atoms with Crippen LogP contribution in [0.5, 0.6) is 0 Å². The van der Waals surface area contributed by atoms with Gasteiger partial charge in [-0.15, -0.1) is 0 Å². The molecule has 0 saturated heterocycles. The normalized spacial score (nSPS) is 10.5. The minimum absolute atomic E-state index is 0.549. The minimum Gasteiger partial charge on any atom is -0.392 e. The van der Waals surface area contributed by atoms with E-state index in [0.29, 0.717) is 11.5 Å². The third kappa shape index (κ3) is 3.30. The smallest absolute Gasteiger partial charge is 0.0870 e. The minimum atomic E-state index is 0.549. The van der Waals surface area contributed by atoms with Gasteiger partial charge < -0.3 is 5.73 Å². The van der Waals surface area contributed by atoms with Crippen LogP contribution >= 0.6 is 23.6 Å². The zero-order valence-electron chi connectivity index (χ0n) is 6.99. The molecule has 0 aliphatic heterocycles. The molecule has 0 unspecified atom stereocenters. The molecule has 0 aliphatic rings. The first kappa shape index (κ1) is 9.64. The van der Waals surface area contributed by atoms with Gasteiger partial charge in [0.2, 0.25) is 0 Å². The van der Waals surface area contributed by atoms with Crippen molar-refractivity contribution in [1.29, 1.82) is 0 Å². The molecule has 2 N–H and O–H groups in total. The fourth-order valence-corrected chi connectivity index (χ4v) is 1.90. The molecule has 0 aromatic carbocycles. The first-order valence-electron chi connectivity index (χ1n) is 3.66. The number of nitrogens with two attached hydrogens (primary N) is 1. The summed E-state index contributed by atoms with van der Waals surface area (Å²) in [5, 5.41) is 4.21. The predicted octanol–water partition coefficient (Wildman–Crippen LogP) is 1.47. The van der Waals surface area contributed by atoms with Crippen molar-refractivity contribution in [3.8, 4) is 0 Å². The highest BCUT2D eigenvalue weighted by Crippen LogP contribution is 2.07. The Morgan fingerprint density at radius 3 is 3.00 bits per heavy atom. The molecular formula is C8H12N2S2. The van der Waals surface area contributed by atoms with Gasteiger partial charge in [-0.2, -0.15) is 11.3 Å². The van der Waals surface area contributed by atoms with E-state index in [2.05, 4.69) is 21.7 Å². The summed E-state index contributed by atoms with van der Waals surface area (Å²) < 4.78 is 0. The van der Waals surface area contributed by atoms with Crippen molar-refractivity contribution < 1.29 is 0 Å². The number of likely N-dealkylation sites (N-methyl/N-ethyl adjacent to an activating group) is 1. The second-order valence-electron chi connectivity index (χ2n) is 2.77. The lowest BCUT2D eigenvalue weighted by atomic mass is 10.3. The summed E-state index contributed by atoms with van der Waals surface area (Å²) in [6, 6.07) is 2.11. The van der Waals surface area contributed by atoms with E-state index in [1.165, 1.54) is 5.56 Å². The van der Waals surface area contributed by atoms with Gasteiger partial charge in [0, 0.05) is 13.1 Å². The lowest BCUT2D eigenvalue weighted by molar-refractivity contribution is 0.375. The van der Waals surface area contributed by atoms with E-state index in [4.69, 9.17) is 18.0 Å². The van der Waals surface area contributed by atoms with Crippen molar-refractivity contribution in [1.82, 2.24) is 4.90 Å². The van der Waals surface area contributed by atoms with Crippen molar-refractivity contribution in [2.24, 2.45) is 5.73 Å². The predicted molar refractivity (Wildman–Crippen MR) is 57.4 cm³/mol. The summed E-state index contributed by atoms with van der Waals surface area (Å²) in [7, 11) is 2.01. The highest BCUT2D eigenvalue weighted by atomic mass is 32.1. The highest BCUT2D eigenvalue weighted by molar-refractivity contribution is 7.80. The summed E-state index contributed by atoms with van der Waals surface area (Å²) >= 11 is 6.52. The summed E-state index contributed by atoms with van der Waals surface area (Å²) in [6.45, 7) is 1.60. The lowest BCUT2D eigenvalue weighted by Gasteiger charge is -2.13. The Kier molecular flexibility index (Phi) is 3.65. The molecule has 0 atom stereocenters. The molecule has 1 rings (SSSR count). The summed E-state index contributed by atoms with van der Waals surface area (Å²) in [5.74, 6) is 0. The maximum atomic E-state index is 5.41. The average molecular weight is 200 g/mol. The SMILES string of the molecule is CN(CC(N)=S)Cc1ccsc1. The Balaban J connectivity index is 2.36. The zero-order chi connectivity index (χ0) is 8.97. The van der Waals surface area contributed by atoms with Gasteiger partial charge in [-0.3, -0.25) is 4.90 Å². The molecule has 1 aromatic rings. The zero-order valence-corrected chi connectivity index (χ0v) is 8.62. The van der Waals surface area contributed by atoms with Crippen LogP contribution in [-0.4, -0.2) is 23.5 Å². The molecule has 66 valence electrons. The van der Waals surface area contributed by atoms with Crippen LogP contribution in [0.3, 0.4) is 0 Å². The van der Waals surface area contributed by atoms with E-state index in [-0.39, 0.29) is 0 Å². The van der Waals surface area contributed by atoms with Crippen LogP contribution in [0.2, 0.25) is 0 Å². The van der Waals surface area contributed by atoms with Crippen LogP contribution in [-0.2, 0) is 6.54 Å². The molecule has 0 saturated carbocycles. The van der Waals surface area contributed by atoms with E-state index < -0.39 is 0 Å². The molecule has 12 heavy (non-hydrogen) atoms. The number of rotatable bonds is 4. The Labute approximate surface area is 82.0 Å². The molecule has 1 heterocycles. The molecule has 0 fully saturated rings. The first-order chi connectivity index (χ1) is 5.68. The fraction of sp³-hybridized carbons (Fsp3) is 0.375. The topological polar surface area (TPSA) is 29.3 Å². The van der Waals surface area contributed by atoms with Gasteiger partial charge >= 0.3 is 0 Å².